The molecule has 4 aromatic rings. The summed E-state index contributed by atoms with van der Waals surface area (Å²) in [6, 6.07) is 16.8. The largest absolute Gasteiger partial charge is 0.355 e. The Hall–Kier alpha value is -3.96. The maximum atomic E-state index is 9.10. The van der Waals surface area contributed by atoms with Crippen molar-refractivity contribution in [2.45, 2.75) is 19.0 Å². The minimum absolute atomic E-state index is 0.557. The van der Waals surface area contributed by atoms with Gasteiger partial charge in [-0.3, -0.25) is 4.57 Å². The third-order valence-corrected chi connectivity index (χ3v) is 6.75. The lowest BCUT2D eigenvalue weighted by Crippen LogP contribution is -2.31. The Morgan fingerprint density at radius 2 is 1.94 bits per heavy atom. The van der Waals surface area contributed by atoms with Gasteiger partial charge in [-0.15, -0.1) is 10.2 Å². The van der Waals surface area contributed by atoms with Crippen molar-refractivity contribution in [1.29, 1.82) is 5.26 Å². The average Bonchev–Trinajstić information content (AvgIpc) is 3.58. The molecule has 2 aliphatic rings. The molecule has 0 spiro atoms. The molecule has 8 heteroatoms. The molecule has 33 heavy (non-hydrogen) atoms. The van der Waals surface area contributed by atoms with E-state index in [9.17, 15) is 0 Å². The van der Waals surface area contributed by atoms with Crippen molar-refractivity contribution in [1.82, 2.24) is 29.2 Å². The number of nitriles is 1. The molecule has 0 saturated carbocycles. The van der Waals surface area contributed by atoms with Gasteiger partial charge in [-0.25, -0.2) is 4.98 Å². The van der Waals surface area contributed by atoms with Crippen molar-refractivity contribution in [3.05, 3.63) is 66.2 Å². The second kappa shape index (κ2) is 7.57. The second-order valence-corrected chi connectivity index (χ2v) is 8.94. The van der Waals surface area contributed by atoms with E-state index >= 15 is 0 Å². The van der Waals surface area contributed by atoms with E-state index in [0.717, 1.165) is 59.4 Å². The average molecular weight is 437 g/mol. The zero-order valence-electron chi connectivity index (χ0n) is 18.7. The van der Waals surface area contributed by atoms with Crippen LogP contribution in [0.3, 0.4) is 0 Å². The van der Waals surface area contributed by atoms with E-state index in [0.29, 0.717) is 18.2 Å². The lowest BCUT2D eigenvalue weighted by Gasteiger charge is -2.22. The molecule has 0 radical (unpaired) electrons. The maximum Gasteiger partial charge on any atom is 0.185 e. The minimum Gasteiger partial charge on any atom is -0.355 e. The molecule has 1 atom stereocenters. The number of nitrogens with zero attached hydrogens (tertiary/aromatic N) is 8. The Kier molecular flexibility index (Phi) is 4.52. The van der Waals surface area contributed by atoms with E-state index in [-0.39, 0.29) is 0 Å². The van der Waals surface area contributed by atoms with Crippen LogP contribution in [0.5, 0.6) is 0 Å². The van der Waals surface area contributed by atoms with Gasteiger partial charge < -0.3 is 14.4 Å². The van der Waals surface area contributed by atoms with Crippen molar-refractivity contribution in [2.75, 3.05) is 32.1 Å². The van der Waals surface area contributed by atoms with Gasteiger partial charge in [0.05, 0.1) is 35.3 Å². The summed E-state index contributed by atoms with van der Waals surface area (Å²) in [5, 5.41) is 17.7. The molecule has 1 saturated heterocycles. The molecule has 2 aliphatic heterocycles. The van der Waals surface area contributed by atoms with Crippen molar-refractivity contribution in [3.63, 3.8) is 0 Å². The first-order chi connectivity index (χ1) is 16.1. The van der Waals surface area contributed by atoms with Crippen molar-refractivity contribution >= 4 is 5.82 Å². The van der Waals surface area contributed by atoms with Crippen LogP contribution in [-0.4, -0.2) is 62.4 Å². The molecule has 6 rings (SSSR count). The number of hydrogen-bond donors (Lipinski definition) is 0. The second-order valence-electron chi connectivity index (χ2n) is 8.94. The molecule has 8 nitrogen and oxygen atoms in total. The summed E-state index contributed by atoms with van der Waals surface area (Å²) in [6.07, 6.45) is 5.05. The van der Waals surface area contributed by atoms with Crippen molar-refractivity contribution in [2.24, 2.45) is 0 Å². The molecule has 0 bridgehead atoms. The fourth-order valence-corrected chi connectivity index (χ4v) is 4.84. The highest BCUT2D eigenvalue weighted by molar-refractivity contribution is 5.71. The van der Waals surface area contributed by atoms with Gasteiger partial charge in [-0.2, -0.15) is 5.26 Å². The molecular formula is C25H24N8. The summed E-state index contributed by atoms with van der Waals surface area (Å²) in [7, 11) is 4.29. The van der Waals surface area contributed by atoms with Crippen molar-refractivity contribution < 1.29 is 0 Å². The van der Waals surface area contributed by atoms with Gasteiger partial charge in [-0.1, -0.05) is 12.1 Å². The highest BCUT2D eigenvalue weighted by Gasteiger charge is 2.27. The first-order valence-corrected chi connectivity index (χ1v) is 11.1. The molecule has 0 N–H and O–H groups in total. The lowest BCUT2D eigenvalue weighted by molar-refractivity contribution is 0.315. The van der Waals surface area contributed by atoms with Crippen molar-refractivity contribution in [3.8, 4) is 34.4 Å². The molecular weight excluding hydrogens is 412 g/mol. The fraction of sp³-hybridized carbons (Fsp3) is 0.280. The Morgan fingerprint density at radius 1 is 1.09 bits per heavy atom. The van der Waals surface area contributed by atoms with Gasteiger partial charge in [0.2, 0.25) is 0 Å². The quantitative estimate of drug-likeness (QED) is 0.432. The van der Waals surface area contributed by atoms with Crippen LogP contribution in [0.15, 0.2) is 55.0 Å². The molecule has 3 aromatic heterocycles. The van der Waals surface area contributed by atoms with Crippen LogP contribution >= 0.6 is 0 Å². The summed E-state index contributed by atoms with van der Waals surface area (Å²) >= 11 is 0. The number of rotatable bonds is 3. The molecule has 5 heterocycles. The van der Waals surface area contributed by atoms with Crippen LogP contribution < -0.4 is 4.90 Å². The van der Waals surface area contributed by atoms with E-state index in [4.69, 9.17) is 10.2 Å². The predicted molar refractivity (Wildman–Crippen MR) is 126 cm³/mol. The Bertz CT molecular complexity index is 1370. The zero-order chi connectivity index (χ0) is 22.5. The van der Waals surface area contributed by atoms with Crippen LogP contribution in [0.4, 0.5) is 5.82 Å². The van der Waals surface area contributed by atoms with E-state index in [1.807, 2.05) is 28.8 Å². The summed E-state index contributed by atoms with van der Waals surface area (Å²) in [6.45, 7) is 2.67. The summed E-state index contributed by atoms with van der Waals surface area (Å²) in [5.74, 6) is 1.83. The SMILES string of the molecule is CN(C)[C@@H]1CCN(c2ccc3c(n2)Cn2cc(-c4ccc(C#N)cc4)cc2-c2nncn2-3)C1. The third kappa shape index (κ3) is 3.29. The van der Waals surface area contributed by atoms with Gasteiger partial charge in [0.25, 0.3) is 0 Å². The maximum absolute atomic E-state index is 9.10. The first kappa shape index (κ1) is 19.7. The van der Waals surface area contributed by atoms with Gasteiger partial charge in [0.15, 0.2) is 5.82 Å². The number of anilines is 1. The highest BCUT2D eigenvalue weighted by Crippen LogP contribution is 2.34. The third-order valence-electron chi connectivity index (χ3n) is 6.75. The zero-order valence-corrected chi connectivity index (χ0v) is 18.7. The van der Waals surface area contributed by atoms with Crippen LogP contribution in [-0.2, 0) is 6.54 Å². The number of likely N-dealkylation sites (N-methyl/N-ethyl adjacent to an activating group) is 1. The smallest absolute Gasteiger partial charge is 0.185 e. The lowest BCUT2D eigenvalue weighted by atomic mass is 10.1. The Balaban J connectivity index is 1.40. The Morgan fingerprint density at radius 3 is 2.70 bits per heavy atom. The monoisotopic (exact) mass is 436 g/mol. The number of fused-ring (bicyclic) bond motifs is 5. The first-order valence-electron chi connectivity index (χ1n) is 11.1. The number of pyridine rings is 1. The van der Waals surface area contributed by atoms with Gasteiger partial charge in [0.1, 0.15) is 12.1 Å². The summed E-state index contributed by atoms with van der Waals surface area (Å²) in [5.41, 5.74) is 5.82. The van der Waals surface area contributed by atoms with Crippen LogP contribution in [0.2, 0.25) is 0 Å². The van der Waals surface area contributed by atoms with Gasteiger partial charge >= 0.3 is 0 Å². The van der Waals surface area contributed by atoms with Crippen LogP contribution in [0.25, 0.3) is 28.3 Å². The minimum atomic E-state index is 0.557. The number of hydrogen-bond acceptors (Lipinski definition) is 6. The van der Waals surface area contributed by atoms with E-state index in [1.165, 1.54) is 0 Å². The standard InChI is InChI=1S/C25H24N8/c1-30(2)20-9-10-31(14-20)24-8-7-22-21(28-24)15-32-13-19(18-5-3-17(12-26)4-6-18)11-23(32)25-29-27-16-33(22)25/h3-8,11,13,16,20H,9-10,14-15H2,1-2H3/t20-/m1/s1. The molecule has 0 aliphatic carbocycles. The van der Waals surface area contributed by atoms with E-state index in [1.54, 1.807) is 6.33 Å². The molecule has 1 aromatic carbocycles. The summed E-state index contributed by atoms with van der Waals surface area (Å²) < 4.78 is 4.23. The predicted octanol–water partition coefficient (Wildman–Crippen LogP) is 3.17. The molecule has 0 unspecified atom stereocenters. The Labute approximate surface area is 192 Å². The summed E-state index contributed by atoms with van der Waals surface area (Å²) in [4.78, 5) is 9.78. The highest BCUT2D eigenvalue weighted by atomic mass is 15.3. The van der Waals surface area contributed by atoms with Gasteiger partial charge in [0, 0.05) is 30.9 Å². The normalized spacial score (nSPS) is 16.8. The number of benzene rings is 1. The van der Waals surface area contributed by atoms with Gasteiger partial charge in [-0.05, 0) is 56.4 Å². The van der Waals surface area contributed by atoms with Crippen LogP contribution in [0, 0.1) is 11.3 Å². The number of aromatic nitrogens is 5. The molecule has 164 valence electrons. The molecule has 1 fully saturated rings. The van der Waals surface area contributed by atoms with E-state index < -0.39 is 0 Å². The topological polar surface area (TPSA) is 78.8 Å². The van der Waals surface area contributed by atoms with Crippen LogP contribution in [0.1, 0.15) is 17.7 Å². The fourth-order valence-electron chi connectivity index (χ4n) is 4.84. The molecule has 0 amide bonds. The van der Waals surface area contributed by atoms with E-state index in [2.05, 4.69) is 69.1 Å².